The largest absolute Gasteiger partial charge is 0.468 e. The first-order valence-electron chi connectivity index (χ1n) is 9.21. The van der Waals surface area contributed by atoms with Crippen molar-refractivity contribution in [3.05, 3.63) is 68.0 Å². The Balaban J connectivity index is 1.95. The van der Waals surface area contributed by atoms with Crippen LogP contribution in [0.2, 0.25) is 0 Å². The number of hydrogen-bond acceptors (Lipinski definition) is 9. The van der Waals surface area contributed by atoms with Gasteiger partial charge in [-0.05, 0) is 30.9 Å². The van der Waals surface area contributed by atoms with Crippen LogP contribution in [0.15, 0.2) is 36.5 Å². The van der Waals surface area contributed by atoms with Crippen LogP contribution in [-0.2, 0) is 16.1 Å². The molecule has 1 N–H and O–H groups in total. The van der Waals surface area contributed by atoms with Crippen molar-refractivity contribution in [1.29, 1.82) is 0 Å². The van der Waals surface area contributed by atoms with Crippen molar-refractivity contribution in [1.82, 2.24) is 19.6 Å². The molecule has 0 bridgehead atoms. The highest BCUT2D eigenvalue weighted by atomic mass is 16.6. The Labute approximate surface area is 179 Å². The maximum absolute atomic E-state index is 12.7. The van der Waals surface area contributed by atoms with Crippen molar-refractivity contribution in [2.45, 2.75) is 20.4 Å². The van der Waals surface area contributed by atoms with Gasteiger partial charge < -0.3 is 20.2 Å². The molecule has 32 heavy (non-hydrogen) atoms. The molecule has 2 heterocycles. The lowest BCUT2D eigenvalue weighted by Gasteiger charge is -2.11. The zero-order chi connectivity index (χ0) is 23.4. The molecular formula is C18H17N7O7. The van der Waals surface area contributed by atoms with Gasteiger partial charge >= 0.3 is 17.5 Å². The SMILES string of the molecule is CCOC(=O)c1cnn(-c2ccccc2)c1NC(=O)Cn1nc([N+](=O)[O-])c([N+](=O)[O-])c1C. The maximum Gasteiger partial charge on any atom is 0.468 e. The van der Waals surface area contributed by atoms with Gasteiger partial charge in [0.25, 0.3) is 0 Å². The first kappa shape index (κ1) is 22.1. The molecule has 3 rings (SSSR count). The number of ether oxygens (including phenoxy) is 1. The van der Waals surface area contributed by atoms with E-state index in [-0.39, 0.29) is 23.7 Å². The molecule has 2 aromatic heterocycles. The van der Waals surface area contributed by atoms with Gasteiger partial charge in [-0.15, -0.1) is 0 Å². The maximum atomic E-state index is 12.7. The second-order valence-corrected chi connectivity index (χ2v) is 6.35. The summed E-state index contributed by atoms with van der Waals surface area (Å²) < 4.78 is 7.15. The van der Waals surface area contributed by atoms with Gasteiger partial charge in [0.05, 0.1) is 28.5 Å². The van der Waals surface area contributed by atoms with Crippen LogP contribution in [0.3, 0.4) is 0 Å². The molecule has 0 unspecified atom stereocenters. The molecule has 0 radical (unpaired) electrons. The van der Waals surface area contributed by atoms with Crippen LogP contribution >= 0.6 is 0 Å². The molecule has 0 saturated carbocycles. The van der Waals surface area contributed by atoms with E-state index >= 15 is 0 Å². The number of amides is 1. The first-order chi connectivity index (χ1) is 15.2. The van der Waals surface area contributed by atoms with Gasteiger partial charge in [-0.3, -0.25) is 14.9 Å². The molecule has 0 saturated heterocycles. The highest BCUT2D eigenvalue weighted by molar-refractivity contribution is 6.00. The Morgan fingerprint density at radius 2 is 1.84 bits per heavy atom. The number of benzene rings is 1. The number of nitrogens with one attached hydrogen (secondary N) is 1. The van der Waals surface area contributed by atoms with E-state index in [0.29, 0.717) is 5.69 Å². The van der Waals surface area contributed by atoms with E-state index in [4.69, 9.17) is 4.74 Å². The number of carbonyl (C=O) groups is 2. The summed E-state index contributed by atoms with van der Waals surface area (Å²) >= 11 is 0. The van der Waals surface area contributed by atoms with Crippen LogP contribution in [0.25, 0.3) is 5.69 Å². The summed E-state index contributed by atoms with van der Waals surface area (Å²) in [4.78, 5) is 45.3. The third-order valence-electron chi connectivity index (χ3n) is 4.33. The van der Waals surface area contributed by atoms with Gasteiger partial charge in [-0.2, -0.15) is 9.78 Å². The minimum atomic E-state index is -0.997. The second-order valence-electron chi connectivity index (χ2n) is 6.35. The molecule has 0 spiro atoms. The number of rotatable bonds is 8. The Bertz CT molecular complexity index is 1200. The quantitative estimate of drug-likeness (QED) is 0.310. The summed E-state index contributed by atoms with van der Waals surface area (Å²) in [6.45, 7) is 2.38. The van der Waals surface area contributed by atoms with E-state index in [0.717, 1.165) is 4.68 Å². The average molecular weight is 443 g/mol. The van der Waals surface area contributed by atoms with Gasteiger partial charge in [0.15, 0.2) is 5.82 Å². The molecule has 0 aliphatic carbocycles. The van der Waals surface area contributed by atoms with Crippen LogP contribution in [-0.4, -0.2) is 47.9 Å². The van der Waals surface area contributed by atoms with Gasteiger partial charge in [-0.1, -0.05) is 18.2 Å². The summed E-state index contributed by atoms with van der Waals surface area (Å²) in [5.41, 5.74) is -0.443. The smallest absolute Gasteiger partial charge is 0.462 e. The molecule has 166 valence electrons. The predicted molar refractivity (Wildman–Crippen MR) is 108 cm³/mol. The number of nitro groups is 2. The van der Waals surface area contributed by atoms with Crippen molar-refractivity contribution in [3.8, 4) is 5.69 Å². The molecule has 14 nitrogen and oxygen atoms in total. The first-order valence-corrected chi connectivity index (χ1v) is 9.21. The van der Waals surface area contributed by atoms with Gasteiger partial charge in [-0.25, -0.2) is 9.48 Å². The molecule has 0 aliphatic rings. The fraction of sp³-hybridized carbons (Fsp3) is 0.222. The summed E-state index contributed by atoms with van der Waals surface area (Å²) in [7, 11) is 0. The Hall–Kier alpha value is -4.62. The highest BCUT2D eigenvalue weighted by Crippen LogP contribution is 2.29. The molecule has 0 aliphatic heterocycles. The molecule has 14 heteroatoms. The van der Waals surface area contributed by atoms with Gasteiger partial charge in [0.2, 0.25) is 5.91 Å². The summed E-state index contributed by atoms with van der Waals surface area (Å²) in [5.74, 6) is -2.43. The van der Waals surface area contributed by atoms with Crippen LogP contribution in [0.1, 0.15) is 23.0 Å². The zero-order valence-electron chi connectivity index (χ0n) is 16.9. The van der Waals surface area contributed by atoms with Crippen molar-refractivity contribution in [2.24, 2.45) is 0 Å². The standard InChI is InChI=1S/C18H17N7O7/c1-3-32-18(27)13-9-19-23(12-7-5-4-6-8-12)16(13)20-14(26)10-22-11(2)15(24(28)29)17(21-22)25(30)31/h4-9H,3,10H2,1-2H3,(H,20,26). The molecule has 0 atom stereocenters. The fourth-order valence-corrected chi connectivity index (χ4v) is 2.91. The Morgan fingerprint density at radius 3 is 2.41 bits per heavy atom. The summed E-state index contributed by atoms with van der Waals surface area (Å²) in [6, 6.07) is 8.64. The van der Waals surface area contributed by atoms with E-state index in [9.17, 15) is 29.8 Å². The monoisotopic (exact) mass is 443 g/mol. The van der Waals surface area contributed by atoms with E-state index in [1.54, 1.807) is 37.3 Å². The molecule has 3 aromatic rings. The molecular weight excluding hydrogens is 426 g/mol. The molecule has 1 aromatic carbocycles. The number of aromatic nitrogens is 4. The number of carbonyl (C=O) groups excluding carboxylic acids is 2. The Morgan fingerprint density at radius 1 is 1.16 bits per heavy atom. The van der Waals surface area contributed by atoms with E-state index in [1.165, 1.54) is 17.8 Å². The van der Waals surface area contributed by atoms with Crippen molar-refractivity contribution < 1.29 is 24.2 Å². The van der Waals surface area contributed by atoms with Crippen molar-refractivity contribution >= 4 is 29.2 Å². The number of nitrogens with zero attached hydrogens (tertiary/aromatic N) is 6. The number of anilines is 1. The van der Waals surface area contributed by atoms with E-state index < -0.39 is 39.8 Å². The van der Waals surface area contributed by atoms with E-state index in [1.807, 2.05) is 0 Å². The number of hydrogen-bond donors (Lipinski definition) is 1. The third kappa shape index (κ3) is 4.28. The zero-order valence-corrected chi connectivity index (χ0v) is 16.9. The minimum absolute atomic E-state index is 0.00783. The normalized spacial score (nSPS) is 10.6. The second kappa shape index (κ2) is 9.03. The topological polar surface area (TPSA) is 177 Å². The summed E-state index contributed by atoms with van der Waals surface area (Å²) in [6.07, 6.45) is 1.23. The summed E-state index contributed by atoms with van der Waals surface area (Å²) in [5, 5.41) is 32.5. The van der Waals surface area contributed by atoms with Crippen molar-refractivity contribution in [2.75, 3.05) is 11.9 Å². The highest BCUT2D eigenvalue weighted by Gasteiger charge is 2.36. The van der Waals surface area contributed by atoms with Crippen molar-refractivity contribution in [3.63, 3.8) is 0 Å². The van der Waals surface area contributed by atoms with Gasteiger partial charge in [0, 0.05) is 0 Å². The van der Waals surface area contributed by atoms with Crippen LogP contribution < -0.4 is 5.32 Å². The average Bonchev–Trinajstić information content (AvgIpc) is 3.30. The lowest BCUT2D eigenvalue weighted by molar-refractivity contribution is -0.424. The van der Waals surface area contributed by atoms with Crippen LogP contribution in [0.4, 0.5) is 17.3 Å². The number of para-hydroxylation sites is 1. The van der Waals surface area contributed by atoms with Gasteiger partial charge in [0.1, 0.15) is 17.8 Å². The fourth-order valence-electron chi connectivity index (χ4n) is 2.91. The predicted octanol–water partition coefficient (Wildman–Crippen LogP) is 2.01. The number of esters is 1. The molecule has 1 amide bonds. The van der Waals surface area contributed by atoms with E-state index in [2.05, 4.69) is 15.5 Å². The van der Waals surface area contributed by atoms with Crippen LogP contribution in [0.5, 0.6) is 0 Å². The third-order valence-corrected chi connectivity index (χ3v) is 4.33. The molecule has 0 fully saturated rings. The minimum Gasteiger partial charge on any atom is -0.462 e. The lowest BCUT2D eigenvalue weighted by atomic mass is 10.3. The Kier molecular flexibility index (Phi) is 6.23. The van der Waals surface area contributed by atoms with Crippen LogP contribution in [0, 0.1) is 27.2 Å². The lowest BCUT2D eigenvalue weighted by Crippen LogP contribution is -2.23.